The van der Waals surface area contributed by atoms with Crippen molar-refractivity contribution >= 4 is 0 Å². The molecule has 0 bridgehead atoms. The summed E-state index contributed by atoms with van der Waals surface area (Å²) in [4.78, 5) is 11.7. The Morgan fingerprint density at radius 3 is 2.93 bits per heavy atom. The van der Waals surface area contributed by atoms with E-state index in [2.05, 4.69) is 19.2 Å². The second-order valence-corrected chi connectivity index (χ2v) is 4.06. The normalized spacial score (nSPS) is 12.7. The Hall–Kier alpha value is -1.09. The zero-order valence-electron chi connectivity index (χ0n) is 9.79. The monoisotopic (exact) mass is 208 g/mol. The van der Waals surface area contributed by atoms with Crippen LogP contribution in [0.15, 0.2) is 23.1 Å². The van der Waals surface area contributed by atoms with Gasteiger partial charge in [-0.05, 0) is 32.0 Å². The Balaban J connectivity index is 2.64. The fraction of sp³-hybridized carbons (Fsp3) is 0.583. The van der Waals surface area contributed by atoms with E-state index < -0.39 is 0 Å². The van der Waals surface area contributed by atoms with Gasteiger partial charge in [-0.1, -0.05) is 19.9 Å². The van der Waals surface area contributed by atoms with Gasteiger partial charge in [0.2, 0.25) is 0 Å². The van der Waals surface area contributed by atoms with Crippen LogP contribution in [0.1, 0.15) is 19.4 Å². The minimum absolute atomic E-state index is 0.126. The molecule has 1 rings (SSSR count). The van der Waals surface area contributed by atoms with Gasteiger partial charge in [-0.3, -0.25) is 4.79 Å². The lowest BCUT2D eigenvalue weighted by Gasteiger charge is -2.13. The van der Waals surface area contributed by atoms with Crippen LogP contribution >= 0.6 is 0 Å². The van der Waals surface area contributed by atoms with Crippen molar-refractivity contribution in [1.82, 2.24) is 9.88 Å². The Kier molecular flexibility index (Phi) is 4.56. The first kappa shape index (κ1) is 12.0. The van der Waals surface area contributed by atoms with E-state index in [1.165, 1.54) is 0 Å². The van der Waals surface area contributed by atoms with Crippen LogP contribution in [0.2, 0.25) is 0 Å². The van der Waals surface area contributed by atoms with Gasteiger partial charge in [-0.15, -0.1) is 0 Å². The molecular formula is C12H20N2O. The topological polar surface area (TPSA) is 34.0 Å². The molecule has 3 nitrogen and oxygen atoms in total. The molecule has 3 heteroatoms. The number of pyridine rings is 1. The fourth-order valence-electron chi connectivity index (χ4n) is 1.59. The van der Waals surface area contributed by atoms with Crippen molar-refractivity contribution in [3.05, 3.63) is 34.2 Å². The molecular weight excluding hydrogens is 188 g/mol. The molecule has 1 heterocycles. The van der Waals surface area contributed by atoms with Gasteiger partial charge in [0.25, 0.3) is 5.56 Å². The highest BCUT2D eigenvalue weighted by atomic mass is 16.1. The van der Waals surface area contributed by atoms with Crippen LogP contribution < -0.4 is 10.9 Å². The van der Waals surface area contributed by atoms with E-state index in [0.29, 0.717) is 5.92 Å². The molecule has 1 atom stereocenters. The van der Waals surface area contributed by atoms with E-state index in [4.69, 9.17) is 0 Å². The van der Waals surface area contributed by atoms with Crippen LogP contribution in [-0.4, -0.2) is 17.7 Å². The minimum Gasteiger partial charge on any atom is -0.317 e. The molecule has 1 aromatic heterocycles. The Morgan fingerprint density at radius 1 is 1.53 bits per heavy atom. The summed E-state index contributed by atoms with van der Waals surface area (Å²) < 4.78 is 1.79. The minimum atomic E-state index is 0.126. The summed E-state index contributed by atoms with van der Waals surface area (Å²) in [6, 6.07) is 3.78. The number of nitrogens with zero attached hydrogens (tertiary/aromatic N) is 1. The highest BCUT2D eigenvalue weighted by molar-refractivity contribution is 5.07. The average molecular weight is 208 g/mol. The van der Waals surface area contributed by atoms with Crippen LogP contribution in [0.5, 0.6) is 0 Å². The first-order chi connectivity index (χ1) is 7.15. The van der Waals surface area contributed by atoms with Gasteiger partial charge in [0, 0.05) is 18.3 Å². The van der Waals surface area contributed by atoms with Crippen molar-refractivity contribution in [1.29, 1.82) is 0 Å². The molecule has 0 aliphatic heterocycles. The van der Waals surface area contributed by atoms with Crippen molar-refractivity contribution in [2.75, 3.05) is 13.1 Å². The zero-order chi connectivity index (χ0) is 11.3. The maximum Gasteiger partial charge on any atom is 0.253 e. The summed E-state index contributed by atoms with van der Waals surface area (Å²) in [5.74, 6) is 0.476. The van der Waals surface area contributed by atoms with Crippen LogP contribution in [0, 0.1) is 12.8 Å². The Bertz CT molecular complexity index is 357. The van der Waals surface area contributed by atoms with E-state index in [1.54, 1.807) is 4.57 Å². The van der Waals surface area contributed by atoms with Gasteiger partial charge in [-0.25, -0.2) is 0 Å². The molecule has 0 spiro atoms. The smallest absolute Gasteiger partial charge is 0.253 e. The molecule has 84 valence electrons. The lowest BCUT2D eigenvalue weighted by Crippen LogP contribution is -2.29. The lowest BCUT2D eigenvalue weighted by molar-refractivity contribution is 0.443. The fourth-order valence-corrected chi connectivity index (χ4v) is 1.59. The molecule has 1 N–H and O–H groups in total. The SMILES string of the molecule is CCNCC(C)Cn1cccc(C)c1=O. The number of nitrogens with one attached hydrogen (secondary N) is 1. The number of aryl methyl sites for hydroxylation is 1. The largest absolute Gasteiger partial charge is 0.317 e. The second-order valence-electron chi connectivity index (χ2n) is 4.06. The third kappa shape index (κ3) is 3.51. The van der Waals surface area contributed by atoms with Gasteiger partial charge < -0.3 is 9.88 Å². The maximum atomic E-state index is 11.7. The highest BCUT2D eigenvalue weighted by Crippen LogP contribution is 1.98. The van der Waals surface area contributed by atoms with Gasteiger partial charge >= 0.3 is 0 Å². The third-order valence-corrected chi connectivity index (χ3v) is 2.46. The standard InChI is InChI=1S/C12H20N2O/c1-4-13-8-10(2)9-14-7-5-6-11(3)12(14)15/h5-7,10,13H,4,8-9H2,1-3H3. The van der Waals surface area contributed by atoms with Crippen molar-refractivity contribution in [3.63, 3.8) is 0 Å². The Morgan fingerprint density at radius 2 is 2.27 bits per heavy atom. The average Bonchev–Trinajstić information content (AvgIpc) is 2.22. The van der Waals surface area contributed by atoms with Crippen molar-refractivity contribution in [2.45, 2.75) is 27.3 Å². The molecule has 1 unspecified atom stereocenters. The second kappa shape index (κ2) is 5.71. The number of hydrogen-bond acceptors (Lipinski definition) is 2. The van der Waals surface area contributed by atoms with Crippen molar-refractivity contribution in [2.24, 2.45) is 5.92 Å². The summed E-state index contributed by atoms with van der Waals surface area (Å²) in [6.45, 7) is 8.81. The highest BCUT2D eigenvalue weighted by Gasteiger charge is 2.04. The molecule has 0 aliphatic carbocycles. The summed E-state index contributed by atoms with van der Waals surface area (Å²) >= 11 is 0. The van der Waals surface area contributed by atoms with Gasteiger partial charge in [0.15, 0.2) is 0 Å². The van der Waals surface area contributed by atoms with E-state index in [-0.39, 0.29) is 5.56 Å². The van der Waals surface area contributed by atoms with E-state index in [0.717, 1.165) is 25.2 Å². The van der Waals surface area contributed by atoms with Crippen molar-refractivity contribution < 1.29 is 0 Å². The van der Waals surface area contributed by atoms with Gasteiger partial charge in [0.05, 0.1) is 0 Å². The summed E-state index contributed by atoms with van der Waals surface area (Å²) in [6.07, 6.45) is 1.86. The number of rotatable bonds is 5. The zero-order valence-corrected chi connectivity index (χ0v) is 9.79. The van der Waals surface area contributed by atoms with Gasteiger partial charge in [-0.2, -0.15) is 0 Å². The Labute approximate surface area is 91.1 Å². The van der Waals surface area contributed by atoms with E-state index in [1.807, 2.05) is 25.3 Å². The molecule has 0 fully saturated rings. The molecule has 15 heavy (non-hydrogen) atoms. The first-order valence-corrected chi connectivity index (χ1v) is 5.52. The van der Waals surface area contributed by atoms with E-state index >= 15 is 0 Å². The summed E-state index contributed by atoms with van der Waals surface area (Å²) in [7, 11) is 0. The predicted octanol–water partition coefficient (Wildman–Crippen LogP) is 1.40. The molecule has 0 saturated carbocycles. The molecule has 0 aliphatic rings. The molecule has 0 aromatic carbocycles. The molecule has 0 amide bonds. The molecule has 0 saturated heterocycles. The third-order valence-electron chi connectivity index (χ3n) is 2.46. The van der Waals surface area contributed by atoms with E-state index in [9.17, 15) is 4.79 Å². The van der Waals surface area contributed by atoms with Gasteiger partial charge in [0.1, 0.15) is 0 Å². The summed E-state index contributed by atoms with van der Waals surface area (Å²) in [5, 5.41) is 3.29. The van der Waals surface area contributed by atoms with Crippen LogP contribution in [0.3, 0.4) is 0 Å². The van der Waals surface area contributed by atoms with Crippen LogP contribution in [0.25, 0.3) is 0 Å². The quantitative estimate of drug-likeness (QED) is 0.793. The number of aromatic nitrogens is 1. The summed E-state index contributed by atoms with van der Waals surface area (Å²) in [5.41, 5.74) is 0.939. The number of hydrogen-bond donors (Lipinski definition) is 1. The maximum absolute atomic E-state index is 11.7. The first-order valence-electron chi connectivity index (χ1n) is 5.52. The van der Waals surface area contributed by atoms with Crippen molar-refractivity contribution in [3.8, 4) is 0 Å². The van der Waals surface area contributed by atoms with Crippen LogP contribution in [-0.2, 0) is 6.54 Å². The lowest BCUT2D eigenvalue weighted by atomic mass is 10.1. The molecule has 1 aromatic rings. The molecule has 0 radical (unpaired) electrons. The van der Waals surface area contributed by atoms with Crippen LogP contribution in [0.4, 0.5) is 0 Å². The predicted molar refractivity (Wildman–Crippen MR) is 63.1 cm³/mol.